The van der Waals surface area contributed by atoms with E-state index in [0.29, 0.717) is 13.2 Å². The second-order valence-electron chi connectivity index (χ2n) is 7.31. The number of hydrogen-bond donors (Lipinski definition) is 2. The number of hydrogen-bond acceptors (Lipinski definition) is 4. The molecule has 0 radical (unpaired) electrons. The van der Waals surface area contributed by atoms with Gasteiger partial charge in [0, 0.05) is 26.7 Å². The molecule has 2 aromatic carbocycles. The van der Waals surface area contributed by atoms with Crippen molar-refractivity contribution in [2.45, 2.75) is 26.3 Å². The Morgan fingerprint density at radius 2 is 1.84 bits per heavy atom. The lowest BCUT2D eigenvalue weighted by Crippen LogP contribution is -2.39. The number of aliphatic imine (C=N–C) groups is 1. The minimum absolute atomic E-state index is 0. The highest BCUT2D eigenvalue weighted by atomic mass is 127. The van der Waals surface area contributed by atoms with Crippen molar-refractivity contribution >= 4 is 41.0 Å². The molecular formula is C23H30IN5O2. The first-order valence-electron chi connectivity index (χ1n) is 10.5. The van der Waals surface area contributed by atoms with E-state index in [4.69, 9.17) is 9.47 Å². The molecule has 0 saturated heterocycles. The van der Waals surface area contributed by atoms with Crippen LogP contribution in [0.25, 0.3) is 11.0 Å². The van der Waals surface area contributed by atoms with Crippen molar-refractivity contribution in [2.75, 3.05) is 33.4 Å². The lowest BCUT2D eigenvalue weighted by molar-refractivity contribution is 0.171. The van der Waals surface area contributed by atoms with Gasteiger partial charge in [-0.25, -0.2) is 4.98 Å². The molecule has 1 aliphatic heterocycles. The van der Waals surface area contributed by atoms with Gasteiger partial charge in [-0.15, -0.1) is 24.0 Å². The van der Waals surface area contributed by atoms with Gasteiger partial charge in [0.05, 0.1) is 11.0 Å². The summed E-state index contributed by atoms with van der Waals surface area (Å²) in [7, 11) is 1.80. The number of fused-ring (bicyclic) bond motifs is 2. The van der Waals surface area contributed by atoms with Crippen LogP contribution in [-0.2, 0) is 13.0 Å². The number of aromatic nitrogens is 2. The van der Waals surface area contributed by atoms with Crippen molar-refractivity contribution < 1.29 is 9.47 Å². The number of para-hydroxylation sites is 2. The fourth-order valence-electron chi connectivity index (χ4n) is 3.71. The van der Waals surface area contributed by atoms with Gasteiger partial charge in [-0.3, -0.25) is 4.99 Å². The second-order valence-corrected chi connectivity index (χ2v) is 7.31. The molecule has 7 nitrogen and oxygen atoms in total. The molecule has 2 heterocycles. The predicted octanol–water partition coefficient (Wildman–Crippen LogP) is 3.53. The molecule has 0 aliphatic carbocycles. The predicted molar refractivity (Wildman–Crippen MR) is 135 cm³/mol. The Hall–Kier alpha value is -2.49. The van der Waals surface area contributed by atoms with E-state index in [1.165, 1.54) is 11.1 Å². The van der Waals surface area contributed by atoms with E-state index in [2.05, 4.69) is 62.4 Å². The standard InChI is InChI=1S/C23H29N5O2.HI/c1-17-27-19-6-3-4-7-20(19)28(17)13-5-11-25-23(24-2)26-12-10-18-8-9-21-22(16-18)30-15-14-29-21;/h3-4,6-9,16H,5,10-15H2,1-2H3,(H2,24,25,26);1H. The van der Waals surface area contributed by atoms with Gasteiger partial charge in [-0.05, 0) is 49.6 Å². The Kier molecular flexibility index (Phi) is 8.39. The van der Waals surface area contributed by atoms with Crippen LogP contribution < -0.4 is 20.1 Å². The molecule has 0 atom stereocenters. The Morgan fingerprint density at radius 3 is 2.68 bits per heavy atom. The lowest BCUT2D eigenvalue weighted by Gasteiger charge is -2.19. The molecule has 8 heteroatoms. The van der Waals surface area contributed by atoms with Crippen molar-refractivity contribution in [1.82, 2.24) is 20.2 Å². The Bertz CT molecular complexity index is 1030. The molecule has 31 heavy (non-hydrogen) atoms. The Balaban J connectivity index is 0.00000272. The summed E-state index contributed by atoms with van der Waals surface area (Å²) >= 11 is 0. The normalized spacial score (nSPS) is 13.0. The van der Waals surface area contributed by atoms with Crippen molar-refractivity contribution in [1.29, 1.82) is 0 Å². The smallest absolute Gasteiger partial charge is 0.190 e. The topological polar surface area (TPSA) is 72.7 Å². The van der Waals surface area contributed by atoms with Gasteiger partial charge in [-0.1, -0.05) is 18.2 Å². The molecule has 3 aromatic rings. The molecule has 4 rings (SSSR count). The van der Waals surface area contributed by atoms with E-state index >= 15 is 0 Å². The number of halogens is 1. The van der Waals surface area contributed by atoms with Gasteiger partial charge < -0.3 is 24.7 Å². The number of imidazole rings is 1. The average molecular weight is 535 g/mol. The summed E-state index contributed by atoms with van der Waals surface area (Å²) in [6.45, 7) is 5.85. The summed E-state index contributed by atoms with van der Waals surface area (Å²) in [5.41, 5.74) is 3.46. The fourth-order valence-corrected chi connectivity index (χ4v) is 3.71. The van der Waals surface area contributed by atoms with E-state index in [9.17, 15) is 0 Å². The highest BCUT2D eigenvalue weighted by molar-refractivity contribution is 14.0. The fraction of sp³-hybridized carbons (Fsp3) is 0.391. The van der Waals surface area contributed by atoms with Crippen LogP contribution in [0.4, 0.5) is 0 Å². The zero-order chi connectivity index (χ0) is 20.8. The van der Waals surface area contributed by atoms with E-state index in [-0.39, 0.29) is 24.0 Å². The summed E-state index contributed by atoms with van der Waals surface area (Å²) in [4.78, 5) is 8.95. The maximum absolute atomic E-state index is 5.66. The maximum atomic E-state index is 5.66. The van der Waals surface area contributed by atoms with Crippen LogP contribution in [0.5, 0.6) is 11.5 Å². The van der Waals surface area contributed by atoms with E-state index in [1.807, 2.05) is 12.1 Å². The van der Waals surface area contributed by atoms with Gasteiger partial charge in [0.15, 0.2) is 17.5 Å². The molecule has 1 aromatic heterocycles. The molecule has 0 spiro atoms. The Morgan fingerprint density at radius 1 is 1.06 bits per heavy atom. The number of guanidine groups is 1. The van der Waals surface area contributed by atoms with Crippen molar-refractivity contribution in [3.63, 3.8) is 0 Å². The summed E-state index contributed by atoms with van der Waals surface area (Å²) in [5, 5.41) is 6.78. The van der Waals surface area contributed by atoms with E-state index in [0.717, 1.165) is 61.3 Å². The third-order valence-electron chi connectivity index (χ3n) is 5.23. The van der Waals surface area contributed by atoms with Gasteiger partial charge in [0.2, 0.25) is 0 Å². The monoisotopic (exact) mass is 535 g/mol. The van der Waals surface area contributed by atoms with Crippen LogP contribution in [0, 0.1) is 6.92 Å². The van der Waals surface area contributed by atoms with Gasteiger partial charge in [0.25, 0.3) is 0 Å². The lowest BCUT2D eigenvalue weighted by atomic mass is 10.1. The van der Waals surface area contributed by atoms with Gasteiger partial charge in [-0.2, -0.15) is 0 Å². The SMILES string of the molecule is CN=C(NCCCn1c(C)nc2ccccc21)NCCc1ccc2c(c1)OCCO2.I. The molecule has 0 bridgehead atoms. The first-order valence-corrected chi connectivity index (χ1v) is 10.5. The van der Waals surface area contributed by atoms with Crippen LogP contribution >= 0.6 is 24.0 Å². The molecule has 0 fully saturated rings. The minimum Gasteiger partial charge on any atom is -0.486 e. The molecular weight excluding hydrogens is 505 g/mol. The number of nitrogens with zero attached hydrogens (tertiary/aromatic N) is 3. The molecule has 0 amide bonds. The summed E-state index contributed by atoms with van der Waals surface area (Å²) in [5.74, 6) is 3.54. The largest absolute Gasteiger partial charge is 0.486 e. The van der Waals surface area contributed by atoms with Crippen LogP contribution in [0.15, 0.2) is 47.5 Å². The third kappa shape index (κ3) is 5.81. The zero-order valence-electron chi connectivity index (χ0n) is 18.1. The van der Waals surface area contributed by atoms with E-state index in [1.54, 1.807) is 7.05 Å². The van der Waals surface area contributed by atoms with Crippen molar-refractivity contribution in [3.05, 3.63) is 53.9 Å². The van der Waals surface area contributed by atoms with Crippen molar-refractivity contribution in [3.8, 4) is 11.5 Å². The summed E-state index contributed by atoms with van der Waals surface area (Å²) in [6, 6.07) is 14.4. The quantitative estimate of drug-likeness (QED) is 0.210. The summed E-state index contributed by atoms with van der Waals surface area (Å²) < 4.78 is 13.5. The molecule has 0 saturated carbocycles. The average Bonchev–Trinajstić information content (AvgIpc) is 3.10. The highest BCUT2D eigenvalue weighted by Crippen LogP contribution is 2.30. The minimum atomic E-state index is 0. The number of rotatable bonds is 7. The van der Waals surface area contributed by atoms with Crippen LogP contribution in [0.1, 0.15) is 17.8 Å². The molecule has 0 unspecified atom stereocenters. The van der Waals surface area contributed by atoms with Gasteiger partial charge in [0.1, 0.15) is 19.0 Å². The maximum Gasteiger partial charge on any atom is 0.190 e. The third-order valence-corrected chi connectivity index (χ3v) is 5.23. The second kappa shape index (κ2) is 11.2. The molecule has 166 valence electrons. The summed E-state index contributed by atoms with van der Waals surface area (Å²) in [6.07, 6.45) is 1.88. The first kappa shape index (κ1) is 23.2. The van der Waals surface area contributed by atoms with Crippen molar-refractivity contribution in [2.24, 2.45) is 4.99 Å². The van der Waals surface area contributed by atoms with Crippen LogP contribution in [0.2, 0.25) is 0 Å². The zero-order valence-corrected chi connectivity index (χ0v) is 20.4. The Labute approximate surface area is 200 Å². The molecule has 2 N–H and O–H groups in total. The number of ether oxygens (including phenoxy) is 2. The highest BCUT2D eigenvalue weighted by Gasteiger charge is 2.11. The van der Waals surface area contributed by atoms with Gasteiger partial charge >= 0.3 is 0 Å². The number of nitrogens with one attached hydrogen (secondary N) is 2. The number of benzene rings is 2. The van der Waals surface area contributed by atoms with E-state index < -0.39 is 0 Å². The number of aryl methyl sites for hydroxylation is 2. The van der Waals surface area contributed by atoms with Crippen LogP contribution in [-0.4, -0.2) is 48.9 Å². The first-order chi connectivity index (χ1) is 14.7. The molecule has 1 aliphatic rings. The van der Waals surface area contributed by atoms with Crippen LogP contribution in [0.3, 0.4) is 0 Å².